The number of H-pyrrole nitrogens is 1. The van der Waals surface area contributed by atoms with Crippen LogP contribution in [0.4, 0.5) is 0 Å². The first-order valence-electron chi connectivity index (χ1n) is 7.22. The third-order valence-electron chi connectivity index (χ3n) is 3.63. The van der Waals surface area contributed by atoms with E-state index in [1.807, 2.05) is 0 Å². The SMILES string of the molecule is COc1ccc(-c2ncc(-c3ccc(C(N)=O)cc3)[nH]c2=O)cc1. The normalized spacial score (nSPS) is 10.4. The van der Waals surface area contributed by atoms with E-state index >= 15 is 0 Å². The van der Waals surface area contributed by atoms with E-state index in [1.165, 1.54) is 0 Å². The van der Waals surface area contributed by atoms with Gasteiger partial charge in [-0.15, -0.1) is 0 Å². The van der Waals surface area contributed by atoms with Crippen molar-refractivity contribution in [2.45, 2.75) is 0 Å². The highest BCUT2D eigenvalue weighted by atomic mass is 16.5. The average molecular weight is 321 g/mol. The first-order valence-corrected chi connectivity index (χ1v) is 7.22. The number of carbonyl (C=O) groups excluding carboxylic acids is 1. The Bertz CT molecular complexity index is 929. The fraction of sp³-hybridized carbons (Fsp3) is 0.0556. The molecule has 120 valence electrons. The number of methoxy groups -OCH3 is 1. The summed E-state index contributed by atoms with van der Waals surface area (Å²) in [5.74, 6) is 0.212. The van der Waals surface area contributed by atoms with Crippen molar-refractivity contribution in [3.8, 4) is 28.3 Å². The van der Waals surface area contributed by atoms with E-state index in [1.54, 1.807) is 61.8 Å². The molecule has 6 heteroatoms. The number of nitrogens with one attached hydrogen (secondary N) is 1. The Morgan fingerprint density at radius 1 is 1.04 bits per heavy atom. The summed E-state index contributed by atoms with van der Waals surface area (Å²) in [5, 5.41) is 0. The number of rotatable bonds is 4. The maximum Gasteiger partial charge on any atom is 0.274 e. The van der Waals surface area contributed by atoms with Crippen LogP contribution in [0.1, 0.15) is 10.4 Å². The first kappa shape index (κ1) is 15.5. The second-order valence-electron chi connectivity index (χ2n) is 5.14. The number of aromatic nitrogens is 2. The molecule has 1 heterocycles. The maximum atomic E-state index is 12.3. The van der Waals surface area contributed by atoms with E-state index < -0.39 is 5.91 Å². The van der Waals surface area contributed by atoms with E-state index in [0.717, 1.165) is 5.56 Å². The number of primary amides is 1. The van der Waals surface area contributed by atoms with Gasteiger partial charge in [0.25, 0.3) is 5.56 Å². The second-order valence-corrected chi connectivity index (χ2v) is 5.14. The van der Waals surface area contributed by atoms with Crippen LogP contribution in [0.15, 0.2) is 59.5 Å². The molecule has 0 fully saturated rings. The fourth-order valence-electron chi connectivity index (χ4n) is 2.32. The van der Waals surface area contributed by atoms with Gasteiger partial charge < -0.3 is 15.5 Å². The summed E-state index contributed by atoms with van der Waals surface area (Å²) in [4.78, 5) is 30.5. The average Bonchev–Trinajstić information content (AvgIpc) is 2.62. The quantitative estimate of drug-likeness (QED) is 0.769. The molecule has 0 saturated heterocycles. The molecule has 0 bridgehead atoms. The Balaban J connectivity index is 1.94. The highest BCUT2D eigenvalue weighted by Gasteiger charge is 2.08. The van der Waals surface area contributed by atoms with Crippen LogP contribution < -0.4 is 16.0 Å². The lowest BCUT2D eigenvalue weighted by molar-refractivity contribution is 0.100. The van der Waals surface area contributed by atoms with Crippen LogP contribution in [0.5, 0.6) is 5.75 Å². The minimum atomic E-state index is -0.497. The molecule has 3 rings (SSSR count). The summed E-state index contributed by atoms with van der Waals surface area (Å²) in [7, 11) is 1.58. The zero-order valence-electron chi connectivity index (χ0n) is 12.9. The van der Waals surface area contributed by atoms with Crippen molar-refractivity contribution in [1.29, 1.82) is 0 Å². The van der Waals surface area contributed by atoms with Crippen molar-refractivity contribution in [2.24, 2.45) is 5.73 Å². The van der Waals surface area contributed by atoms with Crippen LogP contribution in [0.25, 0.3) is 22.5 Å². The Kier molecular flexibility index (Phi) is 4.11. The highest BCUT2D eigenvalue weighted by molar-refractivity contribution is 5.93. The number of ether oxygens (including phenoxy) is 1. The molecule has 0 saturated carbocycles. The largest absolute Gasteiger partial charge is 0.497 e. The lowest BCUT2D eigenvalue weighted by Crippen LogP contribution is -2.12. The lowest BCUT2D eigenvalue weighted by atomic mass is 10.1. The van der Waals surface area contributed by atoms with Gasteiger partial charge in [-0.1, -0.05) is 12.1 Å². The molecular weight excluding hydrogens is 306 g/mol. The van der Waals surface area contributed by atoms with E-state index in [2.05, 4.69) is 9.97 Å². The van der Waals surface area contributed by atoms with Gasteiger partial charge in [-0.05, 0) is 42.0 Å². The van der Waals surface area contributed by atoms with Crippen LogP contribution in [0, 0.1) is 0 Å². The monoisotopic (exact) mass is 321 g/mol. The summed E-state index contributed by atoms with van der Waals surface area (Å²) in [6.07, 6.45) is 1.58. The van der Waals surface area contributed by atoms with E-state index in [0.29, 0.717) is 28.3 Å². The summed E-state index contributed by atoms with van der Waals surface area (Å²) in [5.41, 5.74) is 7.66. The van der Waals surface area contributed by atoms with Crippen LogP contribution in [-0.4, -0.2) is 23.0 Å². The molecule has 0 aliphatic carbocycles. The zero-order chi connectivity index (χ0) is 17.1. The molecule has 1 aromatic heterocycles. The van der Waals surface area contributed by atoms with Gasteiger partial charge in [-0.3, -0.25) is 9.59 Å². The van der Waals surface area contributed by atoms with Crippen LogP contribution in [0.3, 0.4) is 0 Å². The number of amides is 1. The molecule has 0 atom stereocenters. The number of carbonyl (C=O) groups is 1. The second kappa shape index (κ2) is 6.37. The number of nitrogens with zero attached hydrogens (tertiary/aromatic N) is 1. The molecule has 3 N–H and O–H groups in total. The van der Waals surface area contributed by atoms with Gasteiger partial charge >= 0.3 is 0 Å². The first-order chi connectivity index (χ1) is 11.6. The van der Waals surface area contributed by atoms with Crippen molar-refractivity contribution in [3.63, 3.8) is 0 Å². The van der Waals surface area contributed by atoms with Crippen molar-refractivity contribution in [2.75, 3.05) is 7.11 Å². The van der Waals surface area contributed by atoms with Crippen LogP contribution in [-0.2, 0) is 0 Å². The number of hydrogen-bond donors (Lipinski definition) is 2. The summed E-state index contributed by atoms with van der Waals surface area (Å²) in [6.45, 7) is 0. The number of hydrogen-bond acceptors (Lipinski definition) is 4. The predicted molar refractivity (Wildman–Crippen MR) is 90.8 cm³/mol. The summed E-state index contributed by atoms with van der Waals surface area (Å²) in [6, 6.07) is 13.7. The van der Waals surface area contributed by atoms with Crippen LogP contribution >= 0.6 is 0 Å². The third-order valence-corrected chi connectivity index (χ3v) is 3.63. The van der Waals surface area contributed by atoms with Crippen LogP contribution in [0.2, 0.25) is 0 Å². The van der Waals surface area contributed by atoms with Gasteiger partial charge in [0.1, 0.15) is 11.4 Å². The third kappa shape index (κ3) is 3.03. The summed E-state index contributed by atoms with van der Waals surface area (Å²) < 4.78 is 5.10. The Labute approximate surface area is 137 Å². The molecule has 3 aromatic rings. The lowest BCUT2D eigenvalue weighted by Gasteiger charge is -2.05. The van der Waals surface area contributed by atoms with E-state index in [9.17, 15) is 9.59 Å². The molecule has 0 aliphatic heterocycles. The molecule has 1 amide bonds. The van der Waals surface area contributed by atoms with Gasteiger partial charge in [0.15, 0.2) is 0 Å². The smallest absolute Gasteiger partial charge is 0.274 e. The molecule has 0 unspecified atom stereocenters. The minimum absolute atomic E-state index is 0.295. The Morgan fingerprint density at radius 3 is 2.21 bits per heavy atom. The number of aromatic amines is 1. The summed E-state index contributed by atoms with van der Waals surface area (Å²) >= 11 is 0. The standard InChI is InChI=1S/C18H15N3O3/c1-24-14-8-6-12(7-9-14)16-18(23)21-15(10-20-16)11-2-4-13(5-3-11)17(19)22/h2-10H,1H3,(H2,19,22)(H,21,23). The maximum absolute atomic E-state index is 12.3. The molecule has 0 aliphatic rings. The van der Waals surface area contributed by atoms with E-state index in [4.69, 9.17) is 10.5 Å². The molecule has 0 radical (unpaired) electrons. The van der Waals surface area contributed by atoms with Crippen molar-refractivity contribution in [1.82, 2.24) is 9.97 Å². The number of benzene rings is 2. The van der Waals surface area contributed by atoms with Crippen molar-refractivity contribution >= 4 is 5.91 Å². The Hall–Kier alpha value is -3.41. The van der Waals surface area contributed by atoms with E-state index in [-0.39, 0.29) is 5.56 Å². The minimum Gasteiger partial charge on any atom is -0.497 e. The molecular formula is C18H15N3O3. The van der Waals surface area contributed by atoms with Crippen molar-refractivity contribution in [3.05, 3.63) is 70.6 Å². The molecule has 24 heavy (non-hydrogen) atoms. The fourth-order valence-corrected chi connectivity index (χ4v) is 2.32. The highest BCUT2D eigenvalue weighted by Crippen LogP contribution is 2.20. The van der Waals surface area contributed by atoms with Gasteiger partial charge in [0.2, 0.25) is 5.91 Å². The Morgan fingerprint density at radius 2 is 1.67 bits per heavy atom. The van der Waals surface area contributed by atoms with Gasteiger partial charge in [0.05, 0.1) is 19.0 Å². The van der Waals surface area contributed by atoms with Gasteiger partial charge in [-0.25, -0.2) is 4.98 Å². The predicted octanol–water partition coefficient (Wildman–Crippen LogP) is 2.21. The molecule has 6 nitrogen and oxygen atoms in total. The zero-order valence-corrected chi connectivity index (χ0v) is 12.9. The molecule has 2 aromatic carbocycles. The number of nitrogens with two attached hydrogens (primary N) is 1. The van der Waals surface area contributed by atoms with Gasteiger partial charge in [0, 0.05) is 11.1 Å². The molecule has 0 spiro atoms. The van der Waals surface area contributed by atoms with Gasteiger partial charge in [-0.2, -0.15) is 0 Å². The van der Waals surface area contributed by atoms with Crippen molar-refractivity contribution < 1.29 is 9.53 Å². The topological polar surface area (TPSA) is 98.1 Å².